The van der Waals surface area contributed by atoms with Gasteiger partial charge in [-0.3, -0.25) is 4.79 Å². The second-order valence-corrected chi connectivity index (χ2v) is 8.01. The van der Waals surface area contributed by atoms with Gasteiger partial charge in [-0.05, 0) is 24.6 Å². The summed E-state index contributed by atoms with van der Waals surface area (Å²) in [5.41, 5.74) is 0.699. The summed E-state index contributed by atoms with van der Waals surface area (Å²) < 4.78 is 1.77. The van der Waals surface area contributed by atoms with Crippen molar-refractivity contribution in [2.24, 2.45) is 0 Å². The fourth-order valence-electron chi connectivity index (χ4n) is 1.39. The molecule has 0 aliphatic rings. The molecular weight excluding hydrogens is 346 g/mol. The molecule has 2 aromatic rings. The Kier molecular flexibility index (Phi) is 6.82. The fourth-order valence-corrected chi connectivity index (χ4v) is 4.33. The molecule has 0 spiro atoms. The molecule has 1 amide bonds. The summed E-state index contributed by atoms with van der Waals surface area (Å²) in [4.78, 5) is 11.9. The lowest BCUT2D eigenvalue weighted by Gasteiger charge is -2.04. The molecule has 1 aromatic carbocycles. The molecule has 0 atom stereocenters. The SMILES string of the molecule is CCCSc1nnc(SCC(=O)Nc2cccc(Cl)c2)s1. The van der Waals surface area contributed by atoms with Crippen LogP contribution in [-0.4, -0.2) is 27.6 Å². The maximum Gasteiger partial charge on any atom is 0.234 e. The molecule has 0 unspecified atom stereocenters. The monoisotopic (exact) mass is 359 g/mol. The summed E-state index contributed by atoms with van der Waals surface area (Å²) in [6, 6.07) is 7.09. The van der Waals surface area contributed by atoms with Gasteiger partial charge in [0.05, 0.1) is 5.75 Å². The lowest BCUT2D eigenvalue weighted by molar-refractivity contribution is -0.113. The number of carbonyl (C=O) groups is 1. The Labute approximate surface area is 141 Å². The van der Waals surface area contributed by atoms with Gasteiger partial charge in [0, 0.05) is 16.5 Å². The van der Waals surface area contributed by atoms with Gasteiger partial charge in [0.15, 0.2) is 8.68 Å². The molecule has 0 bridgehead atoms. The van der Waals surface area contributed by atoms with E-state index in [9.17, 15) is 4.79 Å². The number of thioether (sulfide) groups is 2. The largest absolute Gasteiger partial charge is 0.325 e. The Morgan fingerprint density at radius 2 is 2.10 bits per heavy atom. The molecule has 0 fully saturated rings. The minimum atomic E-state index is -0.0831. The van der Waals surface area contributed by atoms with Crippen molar-refractivity contribution in [3.8, 4) is 0 Å². The van der Waals surface area contributed by atoms with Gasteiger partial charge in [0.1, 0.15) is 0 Å². The molecule has 4 nitrogen and oxygen atoms in total. The average molecular weight is 360 g/mol. The first-order chi connectivity index (χ1) is 10.2. The summed E-state index contributed by atoms with van der Waals surface area (Å²) in [5, 5.41) is 11.6. The van der Waals surface area contributed by atoms with Crippen LogP contribution < -0.4 is 5.32 Å². The molecule has 1 aromatic heterocycles. The zero-order valence-corrected chi connectivity index (χ0v) is 14.5. The van der Waals surface area contributed by atoms with Crippen LogP contribution in [0, 0.1) is 0 Å². The predicted octanol–water partition coefficient (Wildman–Crippen LogP) is 4.42. The molecule has 8 heteroatoms. The van der Waals surface area contributed by atoms with Crippen LogP contribution in [0.2, 0.25) is 5.02 Å². The quantitative estimate of drug-likeness (QED) is 0.741. The van der Waals surface area contributed by atoms with Crippen LogP contribution in [0.1, 0.15) is 13.3 Å². The van der Waals surface area contributed by atoms with E-state index in [1.807, 2.05) is 0 Å². The Morgan fingerprint density at radius 3 is 2.81 bits per heavy atom. The molecule has 0 saturated heterocycles. The Bertz CT molecular complexity index is 606. The molecule has 1 N–H and O–H groups in total. The zero-order valence-electron chi connectivity index (χ0n) is 11.3. The third kappa shape index (κ3) is 5.86. The number of hydrogen-bond donors (Lipinski definition) is 1. The van der Waals surface area contributed by atoms with Gasteiger partial charge < -0.3 is 5.32 Å². The number of amides is 1. The lowest BCUT2D eigenvalue weighted by Crippen LogP contribution is -2.13. The van der Waals surface area contributed by atoms with Gasteiger partial charge in [-0.2, -0.15) is 0 Å². The Morgan fingerprint density at radius 1 is 1.33 bits per heavy atom. The van der Waals surface area contributed by atoms with Gasteiger partial charge in [-0.1, -0.05) is 59.5 Å². The maximum atomic E-state index is 11.9. The van der Waals surface area contributed by atoms with Crippen LogP contribution in [0.3, 0.4) is 0 Å². The number of halogens is 1. The molecule has 1 heterocycles. The Hall–Kier alpha value is -0.760. The van der Waals surface area contributed by atoms with Crippen molar-refractivity contribution in [1.29, 1.82) is 0 Å². The van der Waals surface area contributed by atoms with Crippen molar-refractivity contribution in [1.82, 2.24) is 10.2 Å². The number of carbonyl (C=O) groups excluding carboxylic acids is 1. The van der Waals surface area contributed by atoms with Crippen molar-refractivity contribution in [3.63, 3.8) is 0 Å². The minimum absolute atomic E-state index is 0.0831. The number of rotatable bonds is 7. The highest BCUT2D eigenvalue weighted by atomic mass is 35.5. The van der Waals surface area contributed by atoms with Crippen LogP contribution >= 0.6 is 46.5 Å². The first-order valence-corrected chi connectivity index (χ1v) is 9.48. The number of nitrogens with one attached hydrogen (secondary N) is 1. The van der Waals surface area contributed by atoms with E-state index in [0.717, 1.165) is 20.9 Å². The smallest absolute Gasteiger partial charge is 0.234 e. The summed E-state index contributed by atoms with van der Waals surface area (Å²) in [5.74, 6) is 1.26. The number of nitrogens with zero attached hydrogens (tertiary/aromatic N) is 2. The second kappa shape index (κ2) is 8.63. The molecular formula is C13H14ClN3OS3. The van der Waals surface area contributed by atoms with Gasteiger partial charge in [0.25, 0.3) is 0 Å². The topological polar surface area (TPSA) is 54.9 Å². The van der Waals surface area contributed by atoms with Crippen molar-refractivity contribution < 1.29 is 4.79 Å². The predicted molar refractivity (Wildman–Crippen MR) is 91.7 cm³/mol. The van der Waals surface area contributed by atoms with Crippen LogP contribution in [0.25, 0.3) is 0 Å². The standard InChI is InChI=1S/C13H14ClN3OS3/c1-2-6-19-12-16-17-13(21-12)20-8-11(18)15-10-5-3-4-9(14)7-10/h3-5,7H,2,6,8H2,1H3,(H,15,18). The molecule has 0 aliphatic heterocycles. The Balaban J connectivity index is 1.79. The normalized spacial score (nSPS) is 10.6. The van der Waals surface area contributed by atoms with E-state index in [1.54, 1.807) is 36.0 Å². The van der Waals surface area contributed by atoms with E-state index in [1.165, 1.54) is 23.1 Å². The first kappa shape index (κ1) is 16.6. The number of hydrogen-bond acceptors (Lipinski definition) is 6. The third-order valence-electron chi connectivity index (χ3n) is 2.25. The van der Waals surface area contributed by atoms with Crippen molar-refractivity contribution in [2.75, 3.05) is 16.8 Å². The van der Waals surface area contributed by atoms with Crippen molar-refractivity contribution >= 4 is 58.1 Å². The van der Waals surface area contributed by atoms with Crippen molar-refractivity contribution in [3.05, 3.63) is 29.3 Å². The third-order valence-corrected chi connectivity index (χ3v) is 5.88. The molecule has 0 aliphatic carbocycles. The zero-order chi connectivity index (χ0) is 15.1. The molecule has 112 valence electrons. The van der Waals surface area contributed by atoms with Gasteiger partial charge >= 0.3 is 0 Å². The molecule has 0 saturated carbocycles. The van der Waals surface area contributed by atoms with Crippen molar-refractivity contribution in [2.45, 2.75) is 22.0 Å². The van der Waals surface area contributed by atoms with E-state index < -0.39 is 0 Å². The van der Waals surface area contributed by atoms with E-state index >= 15 is 0 Å². The van der Waals surface area contributed by atoms with E-state index in [-0.39, 0.29) is 5.91 Å². The summed E-state index contributed by atoms with van der Waals surface area (Å²) >= 11 is 10.5. The average Bonchev–Trinajstić information content (AvgIpc) is 2.91. The minimum Gasteiger partial charge on any atom is -0.325 e. The molecule has 0 radical (unpaired) electrons. The first-order valence-electron chi connectivity index (χ1n) is 6.32. The highest BCUT2D eigenvalue weighted by Crippen LogP contribution is 2.29. The summed E-state index contributed by atoms with van der Waals surface area (Å²) in [7, 11) is 0. The number of aromatic nitrogens is 2. The van der Waals surface area contributed by atoms with Gasteiger partial charge in [0.2, 0.25) is 5.91 Å². The summed E-state index contributed by atoms with van der Waals surface area (Å²) in [6.45, 7) is 2.13. The number of anilines is 1. The highest BCUT2D eigenvalue weighted by Gasteiger charge is 2.08. The van der Waals surface area contributed by atoms with Crippen LogP contribution in [0.4, 0.5) is 5.69 Å². The highest BCUT2D eigenvalue weighted by molar-refractivity contribution is 8.03. The lowest BCUT2D eigenvalue weighted by atomic mass is 10.3. The van der Waals surface area contributed by atoms with E-state index in [0.29, 0.717) is 16.5 Å². The van der Waals surface area contributed by atoms with Crippen LogP contribution in [-0.2, 0) is 4.79 Å². The van der Waals surface area contributed by atoms with Crippen LogP contribution in [0.5, 0.6) is 0 Å². The molecule has 2 rings (SSSR count). The fraction of sp³-hybridized carbons (Fsp3) is 0.308. The second-order valence-electron chi connectivity index (χ2n) is 4.03. The molecule has 21 heavy (non-hydrogen) atoms. The van der Waals surface area contributed by atoms with Gasteiger partial charge in [-0.15, -0.1) is 10.2 Å². The van der Waals surface area contributed by atoms with E-state index in [4.69, 9.17) is 11.6 Å². The number of benzene rings is 1. The van der Waals surface area contributed by atoms with Gasteiger partial charge in [-0.25, -0.2) is 0 Å². The van der Waals surface area contributed by atoms with E-state index in [2.05, 4.69) is 22.4 Å². The van der Waals surface area contributed by atoms with Crippen LogP contribution in [0.15, 0.2) is 32.9 Å². The summed E-state index contributed by atoms with van der Waals surface area (Å²) in [6.07, 6.45) is 1.11. The maximum absolute atomic E-state index is 11.9.